The number of hydrogen-bond donors (Lipinski definition) is 0. The molecular weight excluding hydrogens is 318 g/mol. The maximum Gasteiger partial charge on any atom is 0.418 e. The first-order chi connectivity index (χ1) is 11.3. The van der Waals surface area contributed by atoms with Crippen LogP contribution in [0.15, 0.2) is 18.2 Å². The van der Waals surface area contributed by atoms with Crippen molar-refractivity contribution >= 4 is 18.0 Å². The molecule has 1 saturated heterocycles. The first kappa shape index (κ1) is 17.6. The van der Waals surface area contributed by atoms with Gasteiger partial charge in [0.1, 0.15) is 6.61 Å². The summed E-state index contributed by atoms with van der Waals surface area (Å²) in [6.45, 7) is 2.23. The van der Waals surface area contributed by atoms with Gasteiger partial charge in [-0.2, -0.15) is 0 Å². The Labute approximate surface area is 139 Å². The lowest BCUT2D eigenvalue weighted by Crippen LogP contribution is -2.42. The fraction of sp³-hybridized carbons (Fsp3) is 0.438. The number of carbonyl (C=O) groups is 3. The smallest absolute Gasteiger partial charge is 0.418 e. The minimum atomic E-state index is -1.53. The zero-order chi connectivity index (χ0) is 17.9. The fourth-order valence-corrected chi connectivity index (χ4v) is 2.38. The van der Waals surface area contributed by atoms with Crippen LogP contribution in [0.5, 0.6) is 11.5 Å². The van der Waals surface area contributed by atoms with Crippen molar-refractivity contribution in [1.82, 2.24) is 4.90 Å². The van der Waals surface area contributed by atoms with Crippen LogP contribution < -0.4 is 9.47 Å². The van der Waals surface area contributed by atoms with Crippen molar-refractivity contribution in [3.63, 3.8) is 0 Å². The monoisotopic (exact) mass is 337 g/mol. The van der Waals surface area contributed by atoms with Crippen LogP contribution in [0, 0.1) is 0 Å². The van der Waals surface area contributed by atoms with E-state index in [-0.39, 0.29) is 13.2 Å². The number of nitrogens with zero attached hydrogens (tertiary/aromatic N) is 1. The van der Waals surface area contributed by atoms with Gasteiger partial charge in [0, 0.05) is 12.5 Å². The van der Waals surface area contributed by atoms with Gasteiger partial charge in [0.25, 0.3) is 5.91 Å². The molecule has 0 aromatic heterocycles. The van der Waals surface area contributed by atoms with Gasteiger partial charge >= 0.3 is 12.1 Å². The van der Waals surface area contributed by atoms with E-state index in [2.05, 4.69) is 0 Å². The molecule has 0 radical (unpaired) electrons. The Morgan fingerprint density at radius 2 is 1.96 bits per heavy atom. The normalized spacial score (nSPS) is 19.9. The van der Waals surface area contributed by atoms with E-state index in [1.54, 1.807) is 18.2 Å². The Bertz CT molecular complexity index is 672. The Morgan fingerprint density at radius 3 is 2.54 bits per heavy atom. The molecule has 0 spiro atoms. The number of esters is 1. The summed E-state index contributed by atoms with van der Waals surface area (Å²) in [5, 5.41) is 0. The molecule has 24 heavy (non-hydrogen) atoms. The van der Waals surface area contributed by atoms with Gasteiger partial charge in [-0.05, 0) is 13.0 Å². The molecule has 1 aliphatic rings. The van der Waals surface area contributed by atoms with Crippen molar-refractivity contribution in [3.05, 3.63) is 23.8 Å². The predicted octanol–water partition coefficient (Wildman–Crippen LogP) is 1.50. The van der Waals surface area contributed by atoms with Gasteiger partial charge in [0.15, 0.2) is 11.5 Å². The number of hydrogen-bond acceptors (Lipinski definition) is 7. The molecule has 1 aromatic carbocycles. The van der Waals surface area contributed by atoms with Crippen molar-refractivity contribution in [2.24, 2.45) is 0 Å². The number of methoxy groups -OCH3 is 2. The van der Waals surface area contributed by atoms with Crippen LogP contribution >= 0.6 is 0 Å². The topological polar surface area (TPSA) is 91.4 Å². The summed E-state index contributed by atoms with van der Waals surface area (Å²) in [5.74, 6) is -0.238. The van der Waals surface area contributed by atoms with Crippen LogP contribution in [-0.4, -0.2) is 49.3 Å². The minimum absolute atomic E-state index is 0.0479. The highest BCUT2D eigenvalue weighted by molar-refractivity contribution is 6.02. The lowest BCUT2D eigenvalue weighted by molar-refractivity contribution is -0.152. The van der Waals surface area contributed by atoms with Crippen LogP contribution in [0.3, 0.4) is 0 Å². The van der Waals surface area contributed by atoms with E-state index in [1.165, 1.54) is 28.1 Å². The second-order valence-electron chi connectivity index (χ2n) is 5.42. The molecule has 0 unspecified atom stereocenters. The van der Waals surface area contributed by atoms with Gasteiger partial charge in [-0.15, -0.1) is 0 Å². The number of imide groups is 1. The van der Waals surface area contributed by atoms with Crippen LogP contribution in [0.1, 0.15) is 19.4 Å². The maximum absolute atomic E-state index is 12.5. The largest absolute Gasteiger partial charge is 0.493 e. The van der Waals surface area contributed by atoms with E-state index in [0.717, 1.165) is 4.90 Å². The van der Waals surface area contributed by atoms with E-state index in [4.69, 9.17) is 18.9 Å². The molecule has 1 atom stereocenters. The van der Waals surface area contributed by atoms with E-state index in [1.807, 2.05) is 0 Å². The summed E-state index contributed by atoms with van der Waals surface area (Å²) in [7, 11) is 2.96. The number of benzene rings is 1. The molecule has 0 aliphatic carbocycles. The van der Waals surface area contributed by atoms with Gasteiger partial charge in [0.2, 0.25) is 5.60 Å². The number of carbonyl (C=O) groups excluding carboxylic acids is 3. The number of ether oxygens (including phenoxy) is 4. The fourth-order valence-electron chi connectivity index (χ4n) is 2.38. The van der Waals surface area contributed by atoms with E-state index >= 15 is 0 Å². The van der Waals surface area contributed by atoms with Crippen molar-refractivity contribution < 1.29 is 33.3 Å². The molecular formula is C16H19NO7. The van der Waals surface area contributed by atoms with Crippen molar-refractivity contribution in [2.75, 3.05) is 20.8 Å². The third kappa shape index (κ3) is 3.27. The average molecular weight is 337 g/mol. The van der Waals surface area contributed by atoms with Gasteiger partial charge in [-0.1, -0.05) is 12.1 Å². The molecule has 8 heteroatoms. The maximum atomic E-state index is 12.5. The Morgan fingerprint density at radius 1 is 1.25 bits per heavy atom. The van der Waals surface area contributed by atoms with E-state index in [0.29, 0.717) is 17.1 Å². The molecule has 1 fully saturated rings. The zero-order valence-corrected chi connectivity index (χ0v) is 14.0. The molecule has 2 rings (SSSR count). The lowest BCUT2D eigenvalue weighted by Gasteiger charge is -2.19. The van der Waals surface area contributed by atoms with Gasteiger partial charge in [0.05, 0.1) is 20.8 Å². The van der Waals surface area contributed by atoms with Crippen LogP contribution in [-0.2, 0) is 25.6 Å². The summed E-state index contributed by atoms with van der Waals surface area (Å²) in [5.41, 5.74) is -0.951. The standard InChI is InChI=1S/C16H19NO7/c1-10(18)23-9-16(2)14(19)17(15(20)24-16)8-11-6-5-7-12(21-3)13(11)22-4/h5-7H,8-9H2,1-4H3/t16-/m1/s1. The molecule has 1 heterocycles. The van der Waals surface area contributed by atoms with Crippen LogP contribution in [0.4, 0.5) is 4.79 Å². The summed E-state index contributed by atoms with van der Waals surface area (Å²) >= 11 is 0. The van der Waals surface area contributed by atoms with Gasteiger partial charge in [-0.3, -0.25) is 9.59 Å². The summed E-state index contributed by atoms with van der Waals surface area (Å²) in [6.07, 6.45) is -0.806. The Kier molecular flexibility index (Phi) is 4.96. The molecule has 0 saturated carbocycles. The van der Waals surface area contributed by atoms with E-state index in [9.17, 15) is 14.4 Å². The highest BCUT2D eigenvalue weighted by atomic mass is 16.6. The summed E-state index contributed by atoms with van der Waals surface area (Å²) in [4.78, 5) is 36.5. The molecule has 8 nitrogen and oxygen atoms in total. The Balaban J connectivity index is 2.23. The molecule has 0 N–H and O–H groups in total. The summed E-state index contributed by atoms with van der Waals surface area (Å²) < 4.78 is 20.4. The lowest BCUT2D eigenvalue weighted by atomic mass is 10.1. The number of rotatable bonds is 6. The highest BCUT2D eigenvalue weighted by Crippen LogP contribution is 2.34. The molecule has 1 aromatic rings. The Hall–Kier alpha value is -2.77. The minimum Gasteiger partial charge on any atom is -0.493 e. The van der Waals surface area contributed by atoms with Crippen molar-refractivity contribution in [3.8, 4) is 11.5 Å². The quantitative estimate of drug-likeness (QED) is 0.727. The van der Waals surface area contributed by atoms with Crippen LogP contribution in [0.25, 0.3) is 0 Å². The number of cyclic esters (lactones) is 1. The highest BCUT2D eigenvalue weighted by Gasteiger charge is 2.51. The SMILES string of the molecule is COc1cccc(CN2C(=O)O[C@](C)(COC(C)=O)C2=O)c1OC. The summed E-state index contributed by atoms with van der Waals surface area (Å²) in [6, 6.07) is 5.14. The number of amides is 2. The second kappa shape index (κ2) is 6.77. The van der Waals surface area contributed by atoms with Crippen molar-refractivity contribution in [1.29, 1.82) is 0 Å². The van der Waals surface area contributed by atoms with Gasteiger partial charge in [-0.25, -0.2) is 9.69 Å². The van der Waals surface area contributed by atoms with Crippen LogP contribution in [0.2, 0.25) is 0 Å². The van der Waals surface area contributed by atoms with E-state index < -0.39 is 23.6 Å². The molecule has 2 amide bonds. The first-order valence-corrected chi connectivity index (χ1v) is 7.20. The molecule has 130 valence electrons. The second-order valence-corrected chi connectivity index (χ2v) is 5.42. The first-order valence-electron chi connectivity index (χ1n) is 7.20. The predicted molar refractivity (Wildman–Crippen MR) is 81.6 cm³/mol. The third-order valence-corrected chi connectivity index (χ3v) is 3.59. The number of para-hydroxylation sites is 1. The molecule has 0 bridgehead atoms. The van der Waals surface area contributed by atoms with Gasteiger partial charge < -0.3 is 18.9 Å². The average Bonchev–Trinajstić information content (AvgIpc) is 2.76. The third-order valence-electron chi connectivity index (χ3n) is 3.59. The zero-order valence-electron chi connectivity index (χ0n) is 14.0. The van der Waals surface area contributed by atoms with Crippen molar-refractivity contribution in [2.45, 2.75) is 26.0 Å². The molecule has 1 aliphatic heterocycles.